The number of carbonyl (C=O) groups excluding carboxylic acids is 2. The average molecular weight is 654 g/mol. The predicted molar refractivity (Wildman–Crippen MR) is 190 cm³/mol. The molecule has 47 heavy (non-hydrogen) atoms. The highest BCUT2D eigenvalue weighted by Gasteiger charge is 2.35. The van der Waals surface area contributed by atoms with Crippen molar-refractivity contribution in [3.05, 3.63) is 131 Å². The molecule has 0 fully saturated rings. The Hall–Kier alpha value is -4.43. The van der Waals surface area contributed by atoms with Crippen LogP contribution >= 0.6 is 0 Å². The van der Waals surface area contributed by atoms with Crippen LogP contribution in [0.25, 0.3) is 0 Å². The third-order valence-electron chi connectivity index (χ3n) is 8.11. The molecule has 0 aromatic heterocycles. The lowest BCUT2D eigenvalue weighted by Gasteiger charge is -2.35. The molecule has 0 bridgehead atoms. The number of anilines is 1. The number of benzene rings is 4. The first-order valence-corrected chi connectivity index (χ1v) is 17.5. The number of rotatable bonds is 12. The van der Waals surface area contributed by atoms with Crippen molar-refractivity contribution >= 4 is 27.5 Å². The molecule has 0 aliphatic carbocycles. The predicted octanol–water partition coefficient (Wildman–Crippen LogP) is 7.18. The molecule has 7 nitrogen and oxygen atoms in total. The molecule has 0 unspecified atom stereocenters. The molecular formula is C39H47N3O4S. The van der Waals surface area contributed by atoms with E-state index in [-0.39, 0.29) is 29.7 Å². The molecule has 0 spiro atoms. The number of aryl methyl sites for hydroxylation is 2. The van der Waals surface area contributed by atoms with E-state index in [0.29, 0.717) is 5.69 Å². The maximum absolute atomic E-state index is 14.7. The van der Waals surface area contributed by atoms with Crippen LogP contribution in [0, 0.1) is 13.8 Å². The van der Waals surface area contributed by atoms with E-state index in [2.05, 4.69) is 19.2 Å². The van der Waals surface area contributed by atoms with Crippen LogP contribution in [0.15, 0.2) is 108 Å². The van der Waals surface area contributed by atoms with E-state index < -0.39 is 34.1 Å². The first-order valence-electron chi connectivity index (χ1n) is 16.0. The minimum atomic E-state index is -4.16. The zero-order chi connectivity index (χ0) is 34.4. The molecule has 4 aromatic rings. The Morgan fingerprint density at radius 3 is 1.96 bits per heavy atom. The molecule has 248 valence electrons. The Balaban J connectivity index is 1.83. The maximum Gasteiger partial charge on any atom is 0.264 e. The summed E-state index contributed by atoms with van der Waals surface area (Å²) in [5.74, 6) is -0.545. The van der Waals surface area contributed by atoms with Crippen LogP contribution in [-0.2, 0) is 32.6 Å². The van der Waals surface area contributed by atoms with Crippen molar-refractivity contribution in [3.8, 4) is 0 Å². The normalized spacial score (nSPS) is 12.4. The third kappa shape index (κ3) is 9.32. The van der Waals surface area contributed by atoms with Gasteiger partial charge in [-0.25, -0.2) is 8.42 Å². The van der Waals surface area contributed by atoms with Gasteiger partial charge in [-0.3, -0.25) is 13.9 Å². The summed E-state index contributed by atoms with van der Waals surface area (Å²) in [4.78, 5) is 30.4. The van der Waals surface area contributed by atoms with Gasteiger partial charge in [0.2, 0.25) is 11.8 Å². The molecule has 0 heterocycles. The topological polar surface area (TPSA) is 86.8 Å². The van der Waals surface area contributed by atoms with Gasteiger partial charge < -0.3 is 10.2 Å². The molecule has 1 N–H and O–H groups in total. The van der Waals surface area contributed by atoms with Crippen LogP contribution in [0.5, 0.6) is 0 Å². The van der Waals surface area contributed by atoms with Gasteiger partial charge in [-0.05, 0) is 87.1 Å². The summed E-state index contributed by atoms with van der Waals surface area (Å²) >= 11 is 0. The number of hydrogen-bond donors (Lipinski definition) is 1. The molecule has 1 atom stereocenters. The van der Waals surface area contributed by atoms with E-state index in [1.54, 1.807) is 36.4 Å². The Labute approximate surface area is 280 Å². The first-order chi connectivity index (χ1) is 22.2. The van der Waals surface area contributed by atoms with Gasteiger partial charge in [-0.15, -0.1) is 0 Å². The summed E-state index contributed by atoms with van der Waals surface area (Å²) in [6.45, 7) is 13.3. The fourth-order valence-electron chi connectivity index (χ4n) is 5.37. The van der Waals surface area contributed by atoms with Gasteiger partial charge in [0.1, 0.15) is 12.6 Å². The summed E-state index contributed by atoms with van der Waals surface area (Å²) in [6.07, 6.45) is 0.258. The van der Waals surface area contributed by atoms with Gasteiger partial charge in [0.15, 0.2) is 0 Å². The van der Waals surface area contributed by atoms with Gasteiger partial charge in [0, 0.05) is 18.5 Å². The average Bonchev–Trinajstić information content (AvgIpc) is 3.02. The van der Waals surface area contributed by atoms with Crippen LogP contribution in [-0.4, -0.2) is 43.3 Å². The molecule has 4 rings (SSSR count). The van der Waals surface area contributed by atoms with Crippen LogP contribution in [0.3, 0.4) is 0 Å². The molecule has 4 aromatic carbocycles. The smallest absolute Gasteiger partial charge is 0.264 e. The number of nitrogens with zero attached hydrogens (tertiary/aromatic N) is 2. The van der Waals surface area contributed by atoms with Gasteiger partial charge >= 0.3 is 0 Å². The third-order valence-corrected chi connectivity index (χ3v) is 9.89. The molecule has 0 radical (unpaired) electrons. The molecule has 0 saturated heterocycles. The van der Waals surface area contributed by atoms with Gasteiger partial charge in [-0.2, -0.15) is 0 Å². The van der Waals surface area contributed by atoms with E-state index in [1.165, 1.54) is 4.90 Å². The lowest BCUT2D eigenvalue weighted by atomic mass is 10.00. The molecule has 0 aliphatic heterocycles. The summed E-state index contributed by atoms with van der Waals surface area (Å²) in [5.41, 5.74) is 4.52. The Kier molecular flexibility index (Phi) is 11.3. The second-order valence-corrected chi connectivity index (χ2v) is 15.3. The van der Waals surface area contributed by atoms with Crippen LogP contribution < -0.4 is 9.62 Å². The van der Waals surface area contributed by atoms with Crippen molar-refractivity contribution in [2.45, 2.75) is 83.8 Å². The van der Waals surface area contributed by atoms with Crippen molar-refractivity contribution in [3.63, 3.8) is 0 Å². The summed E-state index contributed by atoms with van der Waals surface area (Å²) in [7, 11) is -4.16. The van der Waals surface area contributed by atoms with Gasteiger partial charge in [0.25, 0.3) is 10.0 Å². The highest BCUT2D eigenvalue weighted by atomic mass is 32.2. The summed E-state index contributed by atoms with van der Waals surface area (Å²) < 4.78 is 29.7. The minimum Gasteiger partial charge on any atom is -0.350 e. The van der Waals surface area contributed by atoms with Crippen molar-refractivity contribution < 1.29 is 18.0 Å². The molecule has 2 amide bonds. The highest BCUT2D eigenvalue weighted by molar-refractivity contribution is 7.92. The van der Waals surface area contributed by atoms with E-state index in [1.807, 2.05) is 101 Å². The van der Waals surface area contributed by atoms with E-state index >= 15 is 0 Å². The Bertz CT molecular complexity index is 1760. The fraction of sp³-hybridized carbons (Fsp3) is 0.333. The Morgan fingerprint density at radius 1 is 0.787 bits per heavy atom. The van der Waals surface area contributed by atoms with Crippen molar-refractivity contribution in [2.75, 3.05) is 10.8 Å². The molecule has 0 saturated carbocycles. The monoisotopic (exact) mass is 653 g/mol. The number of carbonyl (C=O) groups is 2. The minimum absolute atomic E-state index is 0.0839. The maximum atomic E-state index is 14.7. The van der Waals surface area contributed by atoms with Crippen molar-refractivity contribution in [1.82, 2.24) is 10.2 Å². The second kappa shape index (κ2) is 15.0. The summed E-state index contributed by atoms with van der Waals surface area (Å²) in [6, 6.07) is 30.3. The standard InChI is InChI=1S/C39H47N3O4S/c1-28(2)32-19-21-34(22-20-32)42(47(45,46)35-23-17-29(3)18-24-35)27-37(43)41(26-33-16-12-11-13-30(33)4)36(38(44)40-39(5,6)7)25-31-14-9-8-10-15-31/h8-24,28,36H,25-27H2,1-7H3,(H,40,44)/t36-/m0/s1. The van der Waals surface area contributed by atoms with Crippen molar-refractivity contribution in [2.24, 2.45) is 0 Å². The van der Waals surface area contributed by atoms with E-state index in [9.17, 15) is 18.0 Å². The largest absolute Gasteiger partial charge is 0.350 e. The first kappa shape index (κ1) is 35.4. The highest BCUT2D eigenvalue weighted by Crippen LogP contribution is 2.27. The zero-order valence-electron chi connectivity index (χ0n) is 28.5. The number of nitrogens with one attached hydrogen (secondary N) is 1. The number of hydrogen-bond acceptors (Lipinski definition) is 4. The number of sulfonamides is 1. The lowest BCUT2D eigenvalue weighted by Crippen LogP contribution is -2.56. The van der Waals surface area contributed by atoms with Gasteiger partial charge in [0.05, 0.1) is 10.6 Å². The molecular weight excluding hydrogens is 607 g/mol. The van der Waals surface area contributed by atoms with Crippen LogP contribution in [0.4, 0.5) is 5.69 Å². The van der Waals surface area contributed by atoms with Gasteiger partial charge in [-0.1, -0.05) is 98.3 Å². The Morgan fingerprint density at radius 2 is 1.38 bits per heavy atom. The fourth-order valence-corrected chi connectivity index (χ4v) is 6.78. The molecule has 8 heteroatoms. The van der Waals surface area contributed by atoms with Crippen LogP contribution in [0.2, 0.25) is 0 Å². The SMILES string of the molecule is Cc1ccc(S(=O)(=O)N(CC(=O)N(Cc2ccccc2C)[C@@H](Cc2ccccc2)C(=O)NC(C)(C)C)c2ccc(C(C)C)cc2)cc1. The van der Waals surface area contributed by atoms with E-state index in [4.69, 9.17) is 0 Å². The summed E-state index contributed by atoms with van der Waals surface area (Å²) in [5, 5.41) is 3.07. The van der Waals surface area contributed by atoms with E-state index in [0.717, 1.165) is 32.1 Å². The molecule has 0 aliphatic rings. The number of amides is 2. The quantitative estimate of drug-likeness (QED) is 0.176. The lowest BCUT2D eigenvalue weighted by molar-refractivity contribution is -0.140. The second-order valence-electron chi connectivity index (χ2n) is 13.5. The van der Waals surface area contributed by atoms with Crippen molar-refractivity contribution in [1.29, 1.82) is 0 Å². The van der Waals surface area contributed by atoms with Crippen LogP contribution in [0.1, 0.15) is 68.4 Å². The zero-order valence-corrected chi connectivity index (χ0v) is 29.3.